The van der Waals surface area contributed by atoms with E-state index < -0.39 is 10.4 Å². The van der Waals surface area contributed by atoms with Gasteiger partial charge in [-0.25, -0.2) is 12.0 Å². The second-order valence-corrected chi connectivity index (χ2v) is 4.47. The molecule has 0 saturated heterocycles. The summed E-state index contributed by atoms with van der Waals surface area (Å²) in [6, 6.07) is 6.99. The minimum atomic E-state index is -4.62. The van der Waals surface area contributed by atoms with Gasteiger partial charge in [0, 0.05) is 17.8 Å². The topological polar surface area (TPSA) is 75.7 Å². The van der Waals surface area contributed by atoms with Crippen molar-refractivity contribution in [3.8, 4) is 5.75 Å². The third-order valence-electron chi connectivity index (χ3n) is 1.52. The highest BCUT2D eigenvalue weighted by Gasteiger charge is 1.98. The van der Waals surface area contributed by atoms with E-state index in [9.17, 15) is 13.0 Å². The van der Waals surface area contributed by atoms with Crippen LogP contribution in [-0.2, 0) is 19.8 Å². The molecule has 0 radical (unpaired) electrons. The predicted molar refractivity (Wildman–Crippen MR) is 55.1 cm³/mol. The molecule has 0 saturated carbocycles. The molecule has 0 aliphatic rings. The van der Waals surface area contributed by atoms with Gasteiger partial charge in [0.1, 0.15) is 5.75 Å². The molecular formula is C8H9O5S2-. The second kappa shape index (κ2) is 5.36. The molecule has 84 valence electrons. The Morgan fingerprint density at radius 3 is 2.40 bits per heavy atom. The summed E-state index contributed by atoms with van der Waals surface area (Å²) in [4.78, 5) is 0. The zero-order chi connectivity index (χ0) is 11.3. The van der Waals surface area contributed by atoms with Crippen LogP contribution in [0.4, 0.5) is 0 Å². The molecule has 1 aromatic rings. The van der Waals surface area contributed by atoms with Gasteiger partial charge in [0.2, 0.25) is 10.4 Å². The van der Waals surface area contributed by atoms with E-state index in [1.165, 1.54) is 0 Å². The lowest BCUT2D eigenvalue weighted by Crippen LogP contribution is -1.97. The van der Waals surface area contributed by atoms with Crippen molar-refractivity contribution in [3.05, 3.63) is 29.8 Å². The van der Waals surface area contributed by atoms with E-state index in [1.54, 1.807) is 31.4 Å². The first-order chi connectivity index (χ1) is 7.01. The molecule has 7 heteroatoms. The first-order valence-electron chi connectivity index (χ1n) is 3.91. The van der Waals surface area contributed by atoms with Crippen LogP contribution in [0.3, 0.4) is 0 Å². The van der Waals surface area contributed by atoms with Crippen molar-refractivity contribution < 1.29 is 21.3 Å². The molecule has 1 aromatic carbocycles. The van der Waals surface area contributed by atoms with Crippen molar-refractivity contribution in [1.29, 1.82) is 0 Å². The number of benzene rings is 1. The number of hydrogen-bond donors (Lipinski definition) is 0. The van der Waals surface area contributed by atoms with Crippen LogP contribution in [-0.4, -0.2) is 20.1 Å². The summed E-state index contributed by atoms with van der Waals surface area (Å²) < 4.78 is 39.2. The van der Waals surface area contributed by atoms with Crippen LogP contribution in [0, 0.1) is 0 Å². The fourth-order valence-corrected chi connectivity index (χ4v) is 1.87. The first kappa shape index (κ1) is 12.3. The van der Waals surface area contributed by atoms with Crippen LogP contribution < -0.4 is 4.74 Å². The van der Waals surface area contributed by atoms with Gasteiger partial charge >= 0.3 is 0 Å². The molecule has 1 rings (SSSR count). The van der Waals surface area contributed by atoms with Crippen LogP contribution in [0.1, 0.15) is 5.56 Å². The van der Waals surface area contributed by atoms with Crippen LogP contribution in [0.15, 0.2) is 24.3 Å². The zero-order valence-electron chi connectivity index (χ0n) is 7.87. The van der Waals surface area contributed by atoms with Gasteiger partial charge in [-0.05, 0) is 17.7 Å². The van der Waals surface area contributed by atoms with Crippen molar-refractivity contribution in [3.63, 3.8) is 0 Å². The largest absolute Gasteiger partial charge is 0.725 e. The number of methoxy groups -OCH3 is 1. The summed E-state index contributed by atoms with van der Waals surface area (Å²) in [6.45, 7) is 0. The van der Waals surface area contributed by atoms with Crippen LogP contribution >= 0.6 is 12.0 Å². The lowest BCUT2D eigenvalue weighted by molar-refractivity contribution is 0.391. The monoisotopic (exact) mass is 249 g/mol. The molecule has 0 aliphatic heterocycles. The van der Waals surface area contributed by atoms with E-state index in [4.69, 9.17) is 4.74 Å². The second-order valence-electron chi connectivity index (χ2n) is 2.59. The average Bonchev–Trinajstić information content (AvgIpc) is 2.17. The summed E-state index contributed by atoms with van der Waals surface area (Å²) in [7, 11) is -3.07. The molecule has 0 spiro atoms. The molecule has 0 aliphatic carbocycles. The van der Waals surface area contributed by atoms with E-state index in [-0.39, 0.29) is 5.75 Å². The predicted octanol–water partition coefficient (Wildman–Crippen LogP) is 1.32. The van der Waals surface area contributed by atoms with E-state index >= 15 is 0 Å². The SMILES string of the molecule is COc1ccc(CSOS(=O)(=O)[O-])cc1. The van der Waals surface area contributed by atoms with E-state index in [2.05, 4.69) is 3.63 Å². The summed E-state index contributed by atoms with van der Waals surface area (Å²) in [6.07, 6.45) is 0. The van der Waals surface area contributed by atoms with Gasteiger partial charge in [0.25, 0.3) is 0 Å². The Labute approximate surface area is 92.6 Å². The Morgan fingerprint density at radius 2 is 1.93 bits per heavy atom. The number of rotatable bonds is 5. The third-order valence-corrected chi connectivity index (χ3v) is 3.02. The van der Waals surface area contributed by atoms with Gasteiger partial charge in [0.15, 0.2) is 0 Å². The van der Waals surface area contributed by atoms with Crippen molar-refractivity contribution >= 4 is 22.4 Å². The van der Waals surface area contributed by atoms with Gasteiger partial charge in [-0.2, -0.15) is 0 Å². The summed E-state index contributed by atoms with van der Waals surface area (Å²) in [5.41, 5.74) is 0.837. The highest BCUT2D eigenvalue weighted by molar-refractivity contribution is 8.02. The summed E-state index contributed by atoms with van der Waals surface area (Å²) in [5.74, 6) is 0.993. The lowest BCUT2D eigenvalue weighted by atomic mass is 10.2. The van der Waals surface area contributed by atoms with Crippen LogP contribution in [0.2, 0.25) is 0 Å². The maximum Gasteiger partial charge on any atom is 0.228 e. The molecule has 0 fully saturated rings. The standard InChI is InChI=1S/C8H10O5S2/c1-12-8-4-2-7(3-5-8)6-14-13-15(9,10)11/h2-5H,6H2,1H3,(H,9,10,11)/p-1. The molecule has 15 heavy (non-hydrogen) atoms. The number of ether oxygens (including phenoxy) is 1. The lowest BCUT2D eigenvalue weighted by Gasteiger charge is -2.06. The molecule has 0 heterocycles. The smallest absolute Gasteiger partial charge is 0.228 e. The van der Waals surface area contributed by atoms with E-state index in [1.807, 2.05) is 0 Å². The van der Waals surface area contributed by atoms with Gasteiger partial charge < -0.3 is 9.29 Å². The summed E-state index contributed by atoms with van der Waals surface area (Å²) in [5, 5.41) is 0. The summed E-state index contributed by atoms with van der Waals surface area (Å²) >= 11 is 0.585. The fraction of sp³-hybridized carbons (Fsp3) is 0.250. The van der Waals surface area contributed by atoms with Gasteiger partial charge in [-0.3, -0.25) is 0 Å². The van der Waals surface area contributed by atoms with E-state index in [0.717, 1.165) is 5.56 Å². The molecular weight excluding hydrogens is 240 g/mol. The van der Waals surface area contributed by atoms with Gasteiger partial charge in [-0.15, -0.1) is 0 Å². The molecule has 0 aromatic heterocycles. The van der Waals surface area contributed by atoms with Gasteiger partial charge in [0.05, 0.1) is 7.11 Å². The third kappa shape index (κ3) is 5.03. The molecule has 0 N–H and O–H groups in total. The highest BCUT2D eigenvalue weighted by Crippen LogP contribution is 2.18. The van der Waals surface area contributed by atoms with Crippen molar-refractivity contribution in [2.45, 2.75) is 5.75 Å². The molecule has 5 nitrogen and oxygen atoms in total. The quantitative estimate of drug-likeness (QED) is 0.445. The average molecular weight is 249 g/mol. The van der Waals surface area contributed by atoms with Crippen molar-refractivity contribution in [2.24, 2.45) is 0 Å². The molecule has 0 unspecified atom stereocenters. The maximum absolute atomic E-state index is 10.1. The molecule has 0 amide bonds. The van der Waals surface area contributed by atoms with Crippen LogP contribution in [0.5, 0.6) is 5.75 Å². The normalized spacial score (nSPS) is 11.3. The van der Waals surface area contributed by atoms with E-state index in [0.29, 0.717) is 17.8 Å². The zero-order valence-corrected chi connectivity index (χ0v) is 9.51. The van der Waals surface area contributed by atoms with Gasteiger partial charge in [-0.1, -0.05) is 12.1 Å². The minimum absolute atomic E-state index is 0.283. The Balaban J connectivity index is 2.45. The maximum atomic E-state index is 10.1. The highest BCUT2D eigenvalue weighted by atomic mass is 32.3. The molecule has 0 atom stereocenters. The first-order valence-corrected chi connectivity index (χ1v) is 6.15. The van der Waals surface area contributed by atoms with Crippen molar-refractivity contribution in [1.82, 2.24) is 0 Å². The minimum Gasteiger partial charge on any atom is -0.725 e. The fourth-order valence-electron chi connectivity index (χ4n) is 0.873. The Kier molecular flexibility index (Phi) is 4.40. The number of hydrogen-bond acceptors (Lipinski definition) is 6. The Bertz CT molecular complexity index is 398. The van der Waals surface area contributed by atoms with Crippen molar-refractivity contribution in [2.75, 3.05) is 7.11 Å². The Morgan fingerprint density at radius 1 is 1.33 bits per heavy atom. The molecule has 0 bridgehead atoms. The van der Waals surface area contributed by atoms with Crippen LogP contribution in [0.25, 0.3) is 0 Å². The Hall–Kier alpha value is -0.760.